The maximum Gasteiger partial charge on any atom is 0.309 e. The average Bonchev–Trinajstić information content (AvgIpc) is 3.31. The van der Waals surface area contributed by atoms with Crippen molar-refractivity contribution in [2.24, 2.45) is 17.8 Å². The van der Waals surface area contributed by atoms with Crippen LogP contribution < -0.4 is 0 Å². The number of ether oxygens (including phenoxy) is 10. The van der Waals surface area contributed by atoms with E-state index in [1.165, 1.54) is 19.6 Å². The number of hydrazine groups is 1. The van der Waals surface area contributed by atoms with Gasteiger partial charge in [0.1, 0.15) is 24.4 Å². The van der Waals surface area contributed by atoms with Gasteiger partial charge in [-0.1, -0.05) is 51.1 Å². The minimum Gasteiger partial charge on any atom is -0.463 e. The third-order valence-electron chi connectivity index (χ3n) is 14.5. The molecule has 3 aliphatic rings. The second kappa shape index (κ2) is 29.0. The molecule has 15 atom stereocenters. The summed E-state index contributed by atoms with van der Waals surface area (Å²) in [6.07, 6.45) is -5.43. The highest BCUT2D eigenvalue weighted by Crippen LogP contribution is 2.43. The van der Waals surface area contributed by atoms with Gasteiger partial charge in [-0.05, 0) is 91.3 Å². The number of cyclic esters (lactones) is 1. The second-order valence-corrected chi connectivity index (χ2v) is 20.4. The molecule has 0 spiro atoms. The van der Waals surface area contributed by atoms with E-state index in [1.54, 1.807) is 41.9 Å². The van der Waals surface area contributed by atoms with Gasteiger partial charge in [0.25, 0.3) is 0 Å². The first kappa shape index (κ1) is 60.3. The van der Waals surface area contributed by atoms with E-state index in [0.717, 1.165) is 32.4 Å². The number of aliphatic hydroxyl groups is 1. The summed E-state index contributed by atoms with van der Waals surface area (Å²) in [6, 6.07) is 9.73. The van der Waals surface area contributed by atoms with E-state index in [9.17, 15) is 24.3 Å². The molecule has 3 aliphatic heterocycles. The van der Waals surface area contributed by atoms with Gasteiger partial charge in [-0.15, -0.1) is 0 Å². The fraction of sp³-hybridized carbons (Fsp3) is 0.811. The van der Waals surface area contributed by atoms with Gasteiger partial charge in [-0.3, -0.25) is 19.2 Å². The largest absolute Gasteiger partial charge is 0.463 e. The molecule has 18 heteroatoms. The molecule has 1 aromatic carbocycles. The summed E-state index contributed by atoms with van der Waals surface area (Å²) in [7, 11) is 10.5. The van der Waals surface area contributed by atoms with E-state index < -0.39 is 109 Å². The molecule has 0 aliphatic carbocycles. The summed E-state index contributed by atoms with van der Waals surface area (Å²) in [5.74, 6) is -3.07. The molecule has 3 fully saturated rings. The Hall–Kier alpha value is -3.30. The summed E-state index contributed by atoms with van der Waals surface area (Å²) in [4.78, 5) is 54.3. The van der Waals surface area contributed by atoms with Crippen LogP contribution in [0.25, 0.3) is 0 Å². The SMILES string of the molecule is CCC(=O)O[C@@H]1CC(=O)O[C@H](C)CCN(N(C)CCCc2ccccc2)CC[C@H](C)C[C@H](CC(OC)OC)[C@H]([C@@H]2O[C@H](C)[C@@H](O[C@@H]3C[C@@](C)(OC(C)=O)[C@@H](OC(=O)CC)[C@H](C)O3)[C@H](N(C)C)[C@H]2O)[C@@H]1OC. The Morgan fingerprint density at radius 1 is 0.901 bits per heavy atom. The van der Waals surface area contributed by atoms with Crippen molar-refractivity contribution < 1.29 is 71.7 Å². The van der Waals surface area contributed by atoms with Crippen molar-refractivity contribution in [3.8, 4) is 0 Å². The van der Waals surface area contributed by atoms with Gasteiger partial charge < -0.3 is 57.4 Å². The van der Waals surface area contributed by atoms with Gasteiger partial charge in [0.2, 0.25) is 0 Å². The first-order valence-electron chi connectivity index (χ1n) is 25.9. The quantitative estimate of drug-likeness (QED) is 0.100. The molecule has 4 rings (SSSR count). The van der Waals surface area contributed by atoms with Crippen LogP contribution in [0.5, 0.6) is 0 Å². The highest BCUT2D eigenvalue weighted by Gasteiger charge is 2.56. The number of aryl methyl sites for hydroxylation is 1. The van der Waals surface area contributed by atoms with E-state index >= 15 is 0 Å². The molecule has 1 N–H and O–H groups in total. The molecule has 18 nitrogen and oxygen atoms in total. The fourth-order valence-electron chi connectivity index (χ4n) is 10.9. The molecule has 71 heavy (non-hydrogen) atoms. The number of benzene rings is 1. The van der Waals surface area contributed by atoms with Crippen LogP contribution in [0.3, 0.4) is 0 Å². The van der Waals surface area contributed by atoms with Crippen LogP contribution in [0.4, 0.5) is 0 Å². The molecule has 0 unspecified atom stereocenters. The van der Waals surface area contributed by atoms with Gasteiger partial charge >= 0.3 is 23.9 Å². The van der Waals surface area contributed by atoms with Crippen LogP contribution in [0.15, 0.2) is 30.3 Å². The molecular formula is C53H89N3O15. The zero-order valence-corrected chi connectivity index (χ0v) is 45.2. The van der Waals surface area contributed by atoms with Crippen LogP contribution in [-0.4, -0.2) is 185 Å². The Labute approximate surface area is 423 Å². The lowest BCUT2D eigenvalue weighted by Crippen LogP contribution is -2.67. The first-order chi connectivity index (χ1) is 33.7. The highest BCUT2D eigenvalue weighted by molar-refractivity contribution is 5.73. The summed E-state index contributed by atoms with van der Waals surface area (Å²) in [5.41, 5.74) is -0.00969. The standard InChI is InChI=1S/C53H89N3O15/c1-15-41(58)68-40-31-43(60)65-34(4)25-28-56(55(11)26-20-23-38-21-18-17-19-22-38)27-24-33(3)29-39(30-44(62-12)63-13)46(50(40)64-14)51-48(61)47(54(9)10)49(35(5)67-51)70-45-32-53(8,71-37(7)57)52(36(6)66-45)69-42(59)16-2/h17-19,21-22,33-36,39-40,44-52,61H,15-16,20,23-32H2,1-14H3/t33-,34+,35+,36-,39+,40+,45+,46-,47+,48+,49+,50+,51-,52-,53+/m0/s1. The molecule has 0 radical (unpaired) electrons. The minimum absolute atomic E-state index is 0.0192. The summed E-state index contributed by atoms with van der Waals surface area (Å²) < 4.78 is 62.2. The Kier molecular flexibility index (Phi) is 24.6. The molecule has 0 aromatic heterocycles. The summed E-state index contributed by atoms with van der Waals surface area (Å²) in [5, 5.41) is 17.6. The molecule has 3 saturated heterocycles. The number of methoxy groups -OCH3 is 3. The smallest absolute Gasteiger partial charge is 0.309 e. The van der Waals surface area contributed by atoms with E-state index in [-0.39, 0.29) is 37.5 Å². The maximum atomic E-state index is 14.1. The Bertz CT molecular complexity index is 1770. The van der Waals surface area contributed by atoms with Crippen LogP contribution >= 0.6 is 0 Å². The van der Waals surface area contributed by atoms with Crippen molar-refractivity contribution in [1.82, 2.24) is 14.9 Å². The van der Waals surface area contributed by atoms with E-state index in [2.05, 4.69) is 48.3 Å². The highest BCUT2D eigenvalue weighted by atomic mass is 16.7. The van der Waals surface area contributed by atoms with Crippen molar-refractivity contribution in [2.45, 2.75) is 199 Å². The molecule has 1 aromatic rings. The monoisotopic (exact) mass is 1010 g/mol. The zero-order valence-electron chi connectivity index (χ0n) is 45.2. The van der Waals surface area contributed by atoms with E-state index in [4.69, 9.17) is 47.4 Å². The number of aliphatic hydroxyl groups excluding tert-OH is 1. The number of esters is 4. The van der Waals surface area contributed by atoms with Gasteiger partial charge in [0, 0.05) is 86.5 Å². The minimum atomic E-state index is -1.30. The Morgan fingerprint density at radius 3 is 2.15 bits per heavy atom. The lowest BCUT2D eigenvalue weighted by Gasteiger charge is -2.53. The van der Waals surface area contributed by atoms with Gasteiger partial charge in [0.15, 0.2) is 24.3 Å². The number of hydrogen-bond donors (Lipinski definition) is 1. The maximum absolute atomic E-state index is 14.1. The third kappa shape index (κ3) is 17.4. The number of rotatable bonds is 19. The molecular weight excluding hydrogens is 919 g/mol. The van der Waals surface area contributed by atoms with Crippen LogP contribution in [0.2, 0.25) is 0 Å². The molecule has 0 bridgehead atoms. The number of carbonyl (C=O) groups excluding carboxylic acids is 4. The number of hydrogen-bond acceptors (Lipinski definition) is 18. The fourth-order valence-corrected chi connectivity index (χ4v) is 10.9. The number of carbonyl (C=O) groups is 4. The Morgan fingerprint density at radius 2 is 1.55 bits per heavy atom. The van der Waals surface area contributed by atoms with Crippen molar-refractivity contribution in [3.05, 3.63) is 35.9 Å². The summed E-state index contributed by atoms with van der Waals surface area (Å²) in [6.45, 7) is 16.3. The second-order valence-electron chi connectivity index (χ2n) is 20.4. The van der Waals surface area contributed by atoms with Gasteiger partial charge in [-0.25, -0.2) is 10.0 Å². The van der Waals surface area contributed by atoms with Crippen molar-refractivity contribution >= 4 is 23.9 Å². The van der Waals surface area contributed by atoms with E-state index in [0.29, 0.717) is 25.8 Å². The van der Waals surface area contributed by atoms with Crippen LogP contribution in [-0.2, 0) is 73.0 Å². The average molecular weight is 1010 g/mol. The third-order valence-corrected chi connectivity index (χ3v) is 14.5. The Balaban J connectivity index is 1.77. The lowest BCUT2D eigenvalue weighted by molar-refractivity contribution is -0.320. The van der Waals surface area contributed by atoms with Crippen molar-refractivity contribution in [1.29, 1.82) is 0 Å². The topological polar surface area (TPSA) is 191 Å². The molecule has 406 valence electrons. The number of likely N-dealkylation sites (N-methyl/N-ethyl adjacent to an activating group) is 1. The predicted octanol–water partition coefficient (Wildman–Crippen LogP) is 5.73. The van der Waals surface area contributed by atoms with Crippen LogP contribution in [0, 0.1) is 17.8 Å². The first-order valence-corrected chi connectivity index (χ1v) is 25.9. The van der Waals surface area contributed by atoms with Gasteiger partial charge in [0.05, 0.1) is 36.9 Å². The molecule has 0 amide bonds. The summed E-state index contributed by atoms with van der Waals surface area (Å²) >= 11 is 0. The van der Waals surface area contributed by atoms with Crippen LogP contribution in [0.1, 0.15) is 119 Å². The molecule has 0 saturated carbocycles. The van der Waals surface area contributed by atoms with E-state index in [1.807, 2.05) is 38.9 Å². The normalized spacial score (nSPS) is 34.0. The van der Waals surface area contributed by atoms with Crippen molar-refractivity contribution in [3.63, 3.8) is 0 Å². The van der Waals surface area contributed by atoms with Gasteiger partial charge in [-0.2, -0.15) is 0 Å². The lowest BCUT2D eigenvalue weighted by atomic mass is 9.71. The number of nitrogens with zero attached hydrogens (tertiary/aromatic N) is 3. The molecule has 3 heterocycles. The van der Waals surface area contributed by atoms with Crippen molar-refractivity contribution in [2.75, 3.05) is 62.1 Å². The predicted molar refractivity (Wildman–Crippen MR) is 265 cm³/mol. The zero-order chi connectivity index (χ0) is 52.6.